The van der Waals surface area contributed by atoms with Crippen molar-refractivity contribution in [2.45, 2.75) is 25.8 Å². The third kappa shape index (κ3) is 2.80. The van der Waals surface area contributed by atoms with Crippen LogP contribution in [0, 0.1) is 0 Å². The molecule has 114 valence electrons. The van der Waals surface area contributed by atoms with Crippen molar-refractivity contribution < 1.29 is 9.63 Å². The van der Waals surface area contributed by atoms with E-state index in [1.165, 1.54) is 0 Å². The fourth-order valence-corrected chi connectivity index (χ4v) is 2.55. The highest BCUT2D eigenvalue weighted by Gasteiger charge is 2.17. The first-order chi connectivity index (χ1) is 10.7. The first-order valence-corrected chi connectivity index (χ1v) is 7.45. The van der Waals surface area contributed by atoms with E-state index in [-0.39, 0.29) is 11.8 Å². The maximum Gasteiger partial charge on any atom is 0.244 e. The maximum absolute atomic E-state index is 9.51. The van der Waals surface area contributed by atoms with Crippen LogP contribution in [-0.2, 0) is 0 Å². The molecule has 1 aromatic heterocycles. The molecule has 2 aromatic carbocycles. The number of aromatic hydroxyl groups is 1. The van der Waals surface area contributed by atoms with Crippen molar-refractivity contribution in [3.05, 3.63) is 42.3 Å². The number of hydrogen-bond acceptors (Lipinski definition) is 5. The van der Waals surface area contributed by atoms with Crippen molar-refractivity contribution in [3.8, 4) is 17.1 Å². The van der Waals surface area contributed by atoms with Crippen molar-refractivity contribution in [1.82, 2.24) is 15.5 Å². The van der Waals surface area contributed by atoms with Gasteiger partial charge in [0.25, 0.3) is 0 Å². The van der Waals surface area contributed by atoms with E-state index < -0.39 is 0 Å². The van der Waals surface area contributed by atoms with Crippen LogP contribution in [0.2, 0.25) is 0 Å². The highest BCUT2D eigenvalue weighted by Crippen LogP contribution is 2.26. The van der Waals surface area contributed by atoms with Gasteiger partial charge in [0.2, 0.25) is 11.7 Å². The number of phenols is 1. The molecule has 0 saturated heterocycles. The molecular weight excluding hydrogens is 278 g/mol. The van der Waals surface area contributed by atoms with Gasteiger partial charge in [0.15, 0.2) is 0 Å². The number of nitrogens with zero attached hydrogens (tertiary/aromatic N) is 2. The monoisotopic (exact) mass is 297 g/mol. The van der Waals surface area contributed by atoms with E-state index in [1.54, 1.807) is 12.1 Å². The fraction of sp³-hybridized carbons (Fsp3) is 0.294. The topological polar surface area (TPSA) is 71.2 Å². The first kappa shape index (κ1) is 14.5. The second-order valence-corrected chi connectivity index (χ2v) is 5.33. The summed E-state index contributed by atoms with van der Waals surface area (Å²) in [6.07, 6.45) is 2.00. The van der Waals surface area contributed by atoms with Gasteiger partial charge in [-0.3, -0.25) is 0 Å². The molecule has 1 atom stereocenters. The summed E-state index contributed by atoms with van der Waals surface area (Å²) in [5, 5.41) is 18.8. The minimum absolute atomic E-state index is 0.0867. The Morgan fingerprint density at radius 3 is 2.73 bits per heavy atom. The standard InChI is InChI=1S/C17H19N3O2/c1-3-4-15(18-2)17-19-16(20-22-17)13-6-5-12-10-14(21)8-7-11(12)9-13/h5-10,15,18,21H,3-4H2,1-2H3. The third-order valence-corrected chi connectivity index (χ3v) is 3.75. The van der Waals surface area contributed by atoms with Crippen LogP contribution in [0.15, 0.2) is 40.9 Å². The molecule has 5 heteroatoms. The lowest BCUT2D eigenvalue weighted by molar-refractivity contribution is 0.329. The average molecular weight is 297 g/mol. The molecule has 0 aliphatic rings. The van der Waals surface area contributed by atoms with Gasteiger partial charge >= 0.3 is 0 Å². The Balaban J connectivity index is 1.94. The first-order valence-electron chi connectivity index (χ1n) is 7.45. The number of rotatable bonds is 5. The van der Waals surface area contributed by atoms with Crippen LogP contribution < -0.4 is 5.32 Å². The van der Waals surface area contributed by atoms with Crippen LogP contribution in [0.1, 0.15) is 31.7 Å². The molecule has 0 aliphatic carbocycles. The van der Waals surface area contributed by atoms with Crippen molar-refractivity contribution in [2.24, 2.45) is 0 Å². The zero-order valence-electron chi connectivity index (χ0n) is 12.7. The largest absolute Gasteiger partial charge is 0.508 e. The van der Waals surface area contributed by atoms with E-state index in [0.29, 0.717) is 11.7 Å². The van der Waals surface area contributed by atoms with E-state index in [9.17, 15) is 5.11 Å². The Morgan fingerprint density at radius 2 is 1.95 bits per heavy atom. The Labute approximate surface area is 129 Å². The summed E-state index contributed by atoms with van der Waals surface area (Å²) >= 11 is 0. The fourth-order valence-electron chi connectivity index (χ4n) is 2.55. The zero-order valence-corrected chi connectivity index (χ0v) is 12.7. The molecule has 0 amide bonds. The molecule has 1 heterocycles. The summed E-state index contributed by atoms with van der Waals surface area (Å²) in [6, 6.07) is 11.3. The van der Waals surface area contributed by atoms with Gasteiger partial charge in [-0.05, 0) is 42.4 Å². The minimum atomic E-state index is 0.0867. The molecule has 22 heavy (non-hydrogen) atoms. The Bertz CT molecular complexity index is 782. The van der Waals surface area contributed by atoms with E-state index in [0.717, 1.165) is 29.2 Å². The average Bonchev–Trinajstić information content (AvgIpc) is 3.01. The van der Waals surface area contributed by atoms with Crippen molar-refractivity contribution in [3.63, 3.8) is 0 Å². The van der Waals surface area contributed by atoms with Crippen LogP contribution >= 0.6 is 0 Å². The van der Waals surface area contributed by atoms with Gasteiger partial charge in [0.1, 0.15) is 5.75 Å². The third-order valence-electron chi connectivity index (χ3n) is 3.75. The summed E-state index contributed by atoms with van der Waals surface area (Å²) in [4.78, 5) is 4.50. The zero-order chi connectivity index (χ0) is 15.5. The number of hydrogen-bond donors (Lipinski definition) is 2. The summed E-state index contributed by atoms with van der Waals surface area (Å²) < 4.78 is 5.39. The van der Waals surface area contributed by atoms with Gasteiger partial charge in [-0.2, -0.15) is 4.98 Å². The van der Waals surface area contributed by atoms with Gasteiger partial charge in [0.05, 0.1) is 6.04 Å². The number of benzene rings is 2. The molecule has 0 fully saturated rings. The molecule has 0 spiro atoms. The number of nitrogens with one attached hydrogen (secondary N) is 1. The lowest BCUT2D eigenvalue weighted by Crippen LogP contribution is -2.16. The molecule has 1 unspecified atom stereocenters. The van der Waals surface area contributed by atoms with Crippen molar-refractivity contribution in [2.75, 3.05) is 7.05 Å². The Kier molecular flexibility index (Phi) is 4.06. The van der Waals surface area contributed by atoms with Gasteiger partial charge in [-0.15, -0.1) is 0 Å². The molecule has 0 radical (unpaired) electrons. The minimum Gasteiger partial charge on any atom is -0.508 e. The molecule has 0 aliphatic heterocycles. The molecular formula is C17H19N3O2. The van der Waals surface area contributed by atoms with E-state index in [2.05, 4.69) is 22.4 Å². The molecule has 5 nitrogen and oxygen atoms in total. The van der Waals surface area contributed by atoms with Crippen molar-refractivity contribution in [1.29, 1.82) is 0 Å². The molecule has 0 bridgehead atoms. The van der Waals surface area contributed by atoms with Crippen LogP contribution in [0.25, 0.3) is 22.2 Å². The predicted octanol–water partition coefficient (Wildman–Crippen LogP) is 3.66. The molecule has 3 rings (SSSR count). The van der Waals surface area contributed by atoms with Crippen LogP contribution in [0.5, 0.6) is 5.75 Å². The number of aromatic nitrogens is 2. The van der Waals surface area contributed by atoms with E-state index in [4.69, 9.17) is 4.52 Å². The maximum atomic E-state index is 9.51. The van der Waals surface area contributed by atoms with Gasteiger partial charge in [0, 0.05) is 5.56 Å². The second-order valence-electron chi connectivity index (χ2n) is 5.33. The van der Waals surface area contributed by atoms with Crippen molar-refractivity contribution >= 4 is 10.8 Å². The Hall–Kier alpha value is -2.40. The summed E-state index contributed by atoms with van der Waals surface area (Å²) in [7, 11) is 1.90. The number of fused-ring (bicyclic) bond motifs is 1. The van der Waals surface area contributed by atoms with Gasteiger partial charge in [-0.1, -0.05) is 36.7 Å². The van der Waals surface area contributed by atoms with E-state index in [1.807, 2.05) is 31.3 Å². The highest BCUT2D eigenvalue weighted by atomic mass is 16.5. The van der Waals surface area contributed by atoms with Gasteiger partial charge < -0.3 is 14.9 Å². The van der Waals surface area contributed by atoms with E-state index >= 15 is 0 Å². The summed E-state index contributed by atoms with van der Waals surface area (Å²) in [6.45, 7) is 2.13. The van der Waals surface area contributed by atoms with Gasteiger partial charge in [-0.25, -0.2) is 0 Å². The lowest BCUT2D eigenvalue weighted by atomic mass is 10.1. The normalized spacial score (nSPS) is 12.6. The second kappa shape index (κ2) is 6.15. The lowest BCUT2D eigenvalue weighted by Gasteiger charge is -2.08. The smallest absolute Gasteiger partial charge is 0.244 e. The quantitative estimate of drug-likeness (QED) is 0.752. The number of phenolic OH excluding ortho intramolecular Hbond substituents is 1. The molecule has 0 saturated carbocycles. The molecule has 2 N–H and O–H groups in total. The van der Waals surface area contributed by atoms with Crippen LogP contribution in [0.4, 0.5) is 0 Å². The Morgan fingerprint density at radius 1 is 1.18 bits per heavy atom. The summed E-state index contributed by atoms with van der Waals surface area (Å²) in [5.74, 6) is 1.46. The predicted molar refractivity (Wildman–Crippen MR) is 85.6 cm³/mol. The highest BCUT2D eigenvalue weighted by molar-refractivity contribution is 5.87. The van der Waals surface area contributed by atoms with Crippen LogP contribution in [-0.4, -0.2) is 22.3 Å². The summed E-state index contributed by atoms with van der Waals surface area (Å²) in [5.41, 5.74) is 0.902. The molecule has 3 aromatic rings. The van der Waals surface area contributed by atoms with Crippen LogP contribution in [0.3, 0.4) is 0 Å². The SMILES string of the molecule is CCCC(NC)c1nc(-c2ccc3cc(O)ccc3c2)no1.